The van der Waals surface area contributed by atoms with E-state index in [9.17, 15) is 12.9 Å². The number of thioether (sulfide) groups is 8. The first kappa shape index (κ1) is 40.1. The minimum atomic E-state index is -3.67. The summed E-state index contributed by atoms with van der Waals surface area (Å²) in [6.07, 6.45) is 0. The summed E-state index contributed by atoms with van der Waals surface area (Å²) in [5.74, 6) is 0. The van der Waals surface area contributed by atoms with Gasteiger partial charge in [-0.05, 0) is 61.9 Å². The molecule has 0 saturated carbocycles. The zero-order chi connectivity index (χ0) is 32.4. The fourth-order valence-electron chi connectivity index (χ4n) is 4.63. The maximum absolute atomic E-state index is 9.67. The standard InChI is InChI=1S/2C16H13NS4.BF3.BrH.FH/c1-9-10(8-17)6-7-13-14(9)21-16(20-13)15-18-11-4-2-3-5-12(11)19-15;1-9(17)10-6-7-13-14(8-10)21-16(20-13)15-18-11-4-2-3-5-12(11)19-15;2-1(3)4;;/h2-7H,8,17H2,1H3;2-9H,17H2,1H3;;2*1H. The highest BCUT2D eigenvalue weighted by Gasteiger charge is 2.29. The molecule has 0 spiro atoms. The normalized spacial score (nSPS) is 15.5. The van der Waals surface area contributed by atoms with Crippen LogP contribution in [0.1, 0.15) is 29.7 Å². The second-order valence-corrected chi connectivity index (χ2v) is 19.6. The van der Waals surface area contributed by atoms with Crippen LogP contribution >= 0.6 is 94.1 Å². The van der Waals surface area contributed by atoms with Gasteiger partial charge in [-0.15, -0.1) is 0 Å². The minimum Gasteiger partial charge on any atom is -1.00 e. The molecule has 16 heteroatoms. The van der Waals surface area contributed by atoms with Crippen LogP contribution in [-0.2, 0) is 6.54 Å². The van der Waals surface area contributed by atoms with Crippen molar-refractivity contribution in [1.29, 1.82) is 0 Å². The van der Waals surface area contributed by atoms with Gasteiger partial charge in [-0.1, -0.05) is 130 Å². The van der Waals surface area contributed by atoms with Crippen molar-refractivity contribution in [3.8, 4) is 0 Å². The molecule has 0 bridgehead atoms. The summed E-state index contributed by atoms with van der Waals surface area (Å²) in [7, 11) is -3.67. The van der Waals surface area contributed by atoms with Gasteiger partial charge in [0.25, 0.3) is 0 Å². The summed E-state index contributed by atoms with van der Waals surface area (Å²) >= 11 is 15.3. The first-order valence-electron chi connectivity index (χ1n) is 14.1. The van der Waals surface area contributed by atoms with E-state index < -0.39 is 7.54 Å². The Morgan fingerprint density at radius 3 is 1.42 bits per heavy atom. The van der Waals surface area contributed by atoms with E-state index in [4.69, 9.17) is 0 Å². The monoisotopic (exact) mass is 862 g/mol. The first-order chi connectivity index (χ1) is 22.2. The number of quaternary nitrogens is 2. The van der Waals surface area contributed by atoms with Crippen molar-refractivity contribution in [2.24, 2.45) is 0 Å². The number of benzene rings is 4. The summed E-state index contributed by atoms with van der Waals surface area (Å²) < 4.78 is 34.7. The second-order valence-electron chi connectivity index (χ2n) is 10.1. The molecule has 1 atom stereocenters. The van der Waals surface area contributed by atoms with E-state index in [1.165, 1.54) is 72.8 Å². The molecule has 4 aliphatic heterocycles. The van der Waals surface area contributed by atoms with Crippen LogP contribution in [0.15, 0.2) is 135 Å². The summed E-state index contributed by atoms with van der Waals surface area (Å²) in [6, 6.07) is 28.9. The average molecular weight is 864 g/mol. The van der Waals surface area contributed by atoms with E-state index in [0.29, 0.717) is 6.04 Å². The van der Waals surface area contributed by atoms with E-state index in [1.807, 2.05) is 94.1 Å². The van der Waals surface area contributed by atoms with Crippen molar-refractivity contribution in [3.63, 3.8) is 0 Å². The van der Waals surface area contributed by atoms with Crippen LogP contribution in [0.4, 0.5) is 12.9 Å². The third-order valence-electron chi connectivity index (χ3n) is 6.93. The SMILES string of the molecule is CC([NH3+])c1ccc2c(c1)SC(=C1Sc3ccccc3S1)S2.Cc1c(C[NH3+])ccc2c1SC(=C1Sc3ccccc3S1)S2.FB(F)F.[Br-].[F-]. The predicted molar refractivity (Wildman–Crippen MR) is 198 cm³/mol. The summed E-state index contributed by atoms with van der Waals surface area (Å²) in [6.45, 7) is 5.24. The van der Waals surface area contributed by atoms with Gasteiger partial charge in [0, 0.05) is 50.3 Å². The Labute approximate surface area is 323 Å². The summed E-state index contributed by atoms with van der Waals surface area (Å²) in [5, 5.41) is 0. The van der Waals surface area contributed by atoms with Crippen molar-refractivity contribution in [3.05, 3.63) is 113 Å². The largest absolute Gasteiger partial charge is 1.00 e. The number of hydrogen-bond donors (Lipinski definition) is 2. The molecule has 4 aliphatic rings. The van der Waals surface area contributed by atoms with Gasteiger partial charge in [-0.3, -0.25) is 12.9 Å². The van der Waals surface area contributed by atoms with Crippen LogP contribution < -0.4 is 33.2 Å². The van der Waals surface area contributed by atoms with Gasteiger partial charge >= 0.3 is 7.54 Å². The quantitative estimate of drug-likeness (QED) is 0.215. The van der Waals surface area contributed by atoms with Crippen LogP contribution in [0, 0.1) is 6.92 Å². The molecule has 4 aromatic carbocycles. The molecule has 1 unspecified atom stereocenters. The summed E-state index contributed by atoms with van der Waals surface area (Å²) in [4.78, 5) is 11.1. The average Bonchev–Trinajstić information content (AvgIpc) is 3.84. The number of fused-ring (bicyclic) bond motifs is 4. The Hall–Kier alpha value is -0.655. The number of halogens is 5. The molecule has 0 aromatic heterocycles. The Morgan fingerprint density at radius 2 is 0.979 bits per heavy atom. The molecule has 6 N–H and O–H groups in total. The molecular weight excluding hydrogens is 836 g/mol. The van der Waals surface area contributed by atoms with Gasteiger partial charge in [-0.2, -0.15) is 0 Å². The zero-order valence-electron chi connectivity index (χ0n) is 25.4. The van der Waals surface area contributed by atoms with E-state index >= 15 is 0 Å². The van der Waals surface area contributed by atoms with Crippen molar-refractivity contribution < 1.29 is 46.1 Å². The smallest absolute Gasteiger partial charge is 0.762 e. The molecule has 8 rings (SSSR count). The van der Waals surface area contributed by atoms with Crippen molar-refractivity contribution in [2.45, 2.75) is 65.6 Å². The fourth-order valence-corrected chi connectivity index (χ4v) is 15.4. The van der Waals surface area contributed by atoms with E-state index in [2.05, 4.69) is 104 Å². The highest BCUT2D eigenvalue weighted by atomic mass is 79.9. The lowest BCUT2D eigenvalue weighted by atomic mass is 10.1. The van der Waals surface area contributed by atoms with Gasteiger partial charge < -0.3 is 33.2 Å². The summed E-state index contributed by atoms with van der Waals surface area (Å²) in [5.41, 5.74) is 12.2. The molecule has 252 valence electrons. The molecule has 48 heavy (non-hydrogen) atoms. The highest BCUT2D eigenvalue weighted by Crippen LogP contribution is 2.63. The molecule has 2 nitrogen and oxygen atoms in total. The Morgan fingerprint density at radius 1 is 0.604 bits per heavy atom. The van der Waals surface area contributed by atoms with Gasteiger partial charge in [-0.25, -0.2) is 0 Å². The topological polar surface area (TPSA) is 55.3 Å². The lowest BCUT2D eigenvalue weighted by molar-refractivity contribution is -0.420. The van der Waals surface area contributed by atoms with E-state index in [-0.39, 0.29) is 21.7 Å². The van der Waals surface area contributed by atoms with Crippen LogP contribution in [-0.4, -0.2) is 7.54 Å². The maximum atomic E-state index is 9.67. The molecule has 4 heterocycles. The molecule has 0 saturated heterocycles. The van der Waals surface area contributed by atoms with Gasteiger partial charge in [0.1, 0.15) is 6.04 Å². The molecule has 0 radical (unpaired) electrons. The molecular formula is C32H28BBrF4N2S8. The predicted octanol–water partition coefficient (Wildman–Crippen LogP) is 5.06. The molecule has 0 aliphatic carbocycles. The number of rotatable bonds is 2. The van der Waals surface area contributed by atoms with Crippen molar-refractivity contribution in [1.82, 2.24) is 0 Å². The Bertz CT molecular complexity index is 1800. The van der Waals surface area contributed by atoms with Crippen LogP contribution in [0.3, 0.4) is 0 Å². The van der Waals surface area contributed by atoms with Crippen molar-refractivity contribution >= 4 is 102 Å². The molecule has 0 amide bonds. The minimum absolute atomic E-state index is 0. The zero-order valence-corrected chi connectivity index (χ0v) is 33.6. The first-order valence-corrected chi connectivity index (χ1v) is 20.6. The maximum Gasteiger partial charge on any atom is 0.762 e. The number of hydrogen-bond acceptors (Lipinski definition) is 8. The van der Waals surface area contributed by atoms with Crippen LogP contribution in [0.25, 0.3) is 0 Å². The lowest BCUT2D eigenvalue weighted by Crippen LogP contribution is -3.00. The Kier molecular flexibility index (Phi) is 15.2. The fraction of sp³-hybridized carbons (Fsp3) is 0.125. The van der Waals surface area contributed by atoms with Gasteiger partial charge in [0.2, 0.25) is 0 Å². The molecule has 0 fully saturated rings. The highest BCUT2D eigenvalue weighted by molar-refractivity contribution is 8.31. The van der Waals surface area contributed by atoms with E-state index in [1.54, 1.807) is 0 Å². The third-order valence-corrected chi connectivity index (χ3v) is 18.3. The van der Waals surface area contributed by atoms with Crippen molar-refractivity contribution in [2.75, 3.05) is 0 Å². The second kappa shape index (κ2) is 18.2. The van der Waals surface area contributed by atoms with Crippen LogP contribution in [0.5, 0.6) is 0 Å². The van der Waals surface area contributed by atoms with Gasteiger partial charge in [0.05, 0.1) is 23.5 Å². The van der Waals surface area contributed by atoms with Gasteiger partial charge in [0.15, 0.2) is 0 Å². The Balaban J connectivity index is 0.000000188. The third kappa shape index (κ3) is 9.41. The lowest BCUT2D eigenvalue weighted by Gasteiger charge is -2.05. The van der Waals surface area contributed by atoms with E-state index in [0.717, 1.165) is 6.54 Å². The van der Waals surface area contributed by atoms with Crippen LogP contribution in [0.2, 0.25) is 0 Å². The molecule has 4 aromatic rings.